The fourth-order valence-electron chi connectivity index (χ4n) is 3.90. The molecule has 1 aliphatic carbocycles. The highest BCUT2D eigenvalue weighted by Crippen LogP contribution is 2.25. The van der Waals surface area contributed by atoms with Crippen LogP contribution in [0.3, 0.4) is 0 Å². The van der Waals surface area contributed by atoms with Crippen LogP contribution in [-0.2, 0) is 11.2 Å². The minimum Gasteiger partial charge on any atom is -0.481 e. The molecule has 2 aromatic rings. The first-order chi connectivity index (χ1) is 13.9. The Balaban J connectivity index is 1.79. The molecule has 1 aromatic heterocycles. The van der Waals surface area contributed by atoms with Gasteiger partial charge in [0.25, 0.3) is 5.91 Å². The summed E-state index contributed by atoms with van der Waals surface area (Å²) in [7, 11) is 0. The lowest BCUT2D eigenvalue weighted by Gasteiger charge is -2.26. The Morgan fingerprint density at radius 2 is 1.97 bits per heavy atom. The number of carbonyl (C=O) groups excluding carboxylic acids is 1. The quantitative estimate of drug-likeness (QED) is 0.741. The van der Waals surface area contributed by atoms with Gasteiger partial charge >= 0.3 is 5.97 Å². The van der Waals surface area contributed by atoms with Crippen molar-refractivity contribution < 1.29 is 14.7 Å². The Labute approximate surface area is 171 Å². The maximum Gasteiger partial charge on any atom is 0.306 e. The number of carboxylic acids is 1. The summed E-state index contributed by atoms with van der Waals surface area (Å²) in [5.41, 5.74) is 3.29. The minimum atomic E-state index is -0.744. The SMILES string of the molecule is CCCc1c(C(=O)NC2CCC(C(=O)O)CC2)nnn1-c1cccc(C(C)C)c1. The Kier molecular flexibility index (Phi) is 6.67. The van der Waals surface area contributed by atoms with Gasteiger partial charge in [-0.05, 0) is 55.7 Å². The van der Waals surface area contributed by atoms with Gasteiger partial charge in [0.15, 0.2) is 5.69 Å². The number of hydrogen-bond donors (Lipinski definition) is 2. The molecule has 0 saturated heterocycles. The average Bonchev–Trinajstić information content (AvgIpc) is 3.12. The third-order valence-corrected chi connectivity index (χ3v) is 5.66. The molecule has 0 bridgehead atoms. The number of benzene rings is 1. The van der Waals surface area contributed by atoms with Gasteiger partial charge in [0, 0.05) is 6.04 Å². The van der Waals surface area contributed by atoms with Crippen LogP contribution in [0, 0.1) is 5.92 Å². The molecule has 1 heterocycles. The van der Waals surface area contributed by atoms with E-state index in [4.69, 9.17) is 5.11 Å². The molecule has 1 fully saturated rings. The van der Waals surface area contributed by atoms with Crippen LogP contribution in [0.2, 0.25) is 0 Å². The summed E-state index contributed by atoms with van der Waals surface area (Å²) in [5, 5.41) is 20.7. The zero-order chi connectivity index (χ0) is 21.0. The third-order valence-electron chi connectivity index (χ3n) is 5.66. The Morgan fingerprint density at radius 1 is 1.24 bits per heavy atom. The van der Waals surface area contributed by atoms with E-state index in [1.165, 1.54) is 5.56 Å². The average molecular weight is 399 g/mol. The standard InChI is InChI=1S/C22H30N4O3/c1-4-6-19-20(21(27)23-17-11-9-15(10-12-17)22(28)29)24-25-26(19)18-8-5-7-16(13-18)14(2)3/h5,7-8,13-15,17H,4,6,9-12H2,1-3H3,(H,23,27)(H,28,29). The Morgan fingerprint density at radius 3 is 2.59 bits per heavy atom. The van der Waals surface area contributed by atoms with Gasteiger partial charge in [0.2, 0.25) is 0 Å². The lowest BCUT2D eigenvalue weighted by atomic mass is 9.86. The van der Waals surface area contributed by atoms with E-state index in [9.17, 15) is 9.59 Å². The lowest BCUT2D eigenvalue weighted by Crippen LogP contribution is -2.39. The Bertz CT molecular complexity index is 867. The van der Waals surface area contributed by atoms with Gasteiger partial charge in [-0.25, -0.2) is 4.68 Å². The summed E-state index contributed by atoms with van der Waals surface area (Å²) in [4.78, 5) is 24.0. The maximum absolute atomic E-state index is 12.9. The summed E-state index contributed by atoms with van der Waals surface area (Å²) < 4.78 is 1.77. The summed E-state index contributed by atoms with van der Waals surface area (Å²) in [6.07, 6.45) is 4.12. The summed E-state index contributed by atoms with van der Waals surface area (Å²) in [6, 6.07) is 8.15. The fraction of sp³-hybridized carbons (Fsp3) is 0.545. The molecule has 0 spiro atoms. The molecule has 3 rings (SSSR count). The highest BCUT2D eigenvalue weighted by Gasteiger charge is 2.28. The zero-order valence-electron chi connectivity index (χ0n) is 17.4. The molecule has 0 radical (unpaired) electrons. The van der Waals surface area contributed by atoms with Crippen LogP contribution < -0.4 is 5.32 Å². The largest absolute Gasteiger partial charge is 0.481 e. The zero-order valence-corrected chi connectivity index (χ0v) is 17.4. The van der Waals surface area contributed by atoms with Crippen LogP contribution >= 0.6 is 0 Å². The summed E-state index contributed by atoms with van der Waals surface area (Å²) in [6.45, 7) is 6.35. The first kappa shape index (κ1) is 21.0. The van der Waals surface area contributed by atoms with Crippen molar-refractivity contribution in [3.8, 4) is 5.69 Å². The van der Waals surface area contributed by atoms with Crippen molar-refractivity contribution in [1.82, 2.24) is 20.3 Å². The van der Waals surface area contributed by atoms with Crippen LogP contribution in [0.1, 0.15) is 80.5 Å². The molecule has 0 aliphatic heterocycles. The molecular formula is C22H30N4O3. The van der Waals surface area contributed by atoms with E-state index < -0.39 is 5.97 Å². The van der Waals surface area contributed by atoms with E-state index >= 15 is 0 Å². The number of amides is 1. The van der Waals surface area contributed by atoms with Gasteiger partial charge in [-0.1, -0.05) is 44.5 Å². The van der Waals surface area contributed by atoms with Gasteiger partial charge in [0.05, 0.1) is 17.3 Å². The maximum atomic E-state index is 12.9. The smallest absolute Gasteiger partial charge is 0.306 e. The molecule has 1 aliphatic rings. The first-order valence-electron chi connectivity index (χ1n) is 10.5. The monoisotopic (exact) mass is 398 g/mol. The molecule has 1 aromatic carbocycles. The fourth-order valence-corrected chi connectivity index (χ4v) is 3.90. The van der Waals surface area contributed by atoms with Gasteiger partial charge in [0.1, 0.15) is 0 Å². The molecular weight excluding hydrogens is 368 g/mol. The number of aliphatic carboxylic acids is 1. The molecule has 29 heavy (non-hydrogen) atoms. The highest BCUT2D eigenvalue weighted by molar-refractivity contribution is 5.93. The topological polar surface area (TPSA) is 97.1 Å². The van der Waals surface area contributed by atoms with E-state index in [0.29, 0.717) is 43.7 Å². The molecule has 0 unspecified atom stereocenters. The molecule has 156 valence electrons. The van der Waals surface area contributed by atoms with Crippen molar-refractivity contribution in [3.05, 3.63) is 41.2 Å². The van der Waals surface area contributed by atoms with Gasteiger partial charge in [-0.15, -0.1) is 5.10 Å². The molecule has 7 heteroatoms. The van der Waals surface area contributed by atoms with E-state index in [1.54, 1.807) is 4.68 Å². The first-order valence-corrected chi connectivity index (χ1v) is 10.5. The number of nitrogens with one attached hydrogen (secondary N) is 1. The van der Waals surface area contributed by atoms with Crippen molar-refractivity contribution in [2.24, 2.45) is 5.92 Å². The van der Waals surface area contributed by atoms with Gasteiger partial charge in [-0.3, -0.25) is 9.59 Å². The second kappa shape index (κ2) is 9.20. The van der Waals surface area contributed by atoms with E-state index in [2.05, 4.69) is 48.5 Å². The summed E-state index contributed by atoms with van der Waals surface area (Å²) in [5.74, 6) is -0.866. The number of carbonyl (C=O) groups is 2. The predicted octanol–water partition coefficient (Wildman–Crippen LogP) is 3.72. The molecule has 7 nitrogen and oxygen atoms in total. The van der Waals surface area contributed by atoms with E-state index in [1.807, 2.05) is 12.1 Å². The van der Waals surface area contributed by atoms with E-state index in [0.717, 1.165) is 17.8 Å². The van der Waals surface area contributed by atoms with Crippen LogP contribution in [0.25, 0.3) is 5.69 Å². The highest BCUT2D eigenvalue weighted by atomic mass is 16.4. The predicted molar refractivity (Wildman–Crippen MR) is 110 cm³/mol. The van der Waals surface area contributed by atoms with Crippen LogP contribution in [0.15, 0.2) is 24.3 Å². The van der Waals surface area contributed by atoms with Crippen molar-refractivity contribution in [2.75, 3.05) is 0 Å². The molecule has 2 N–H and O–H groups in total. The van der Waals surface area contributed by atoms with E-state index in [-0.39, 0.29) is 17.9 Å². The summed E-state index contributed by atoms with van der Waals surface area (Å²) >= 11 is 0. The Hall–Kier alpha value is -2.70. The number of hydrogen-bond acceptors (Lipinski definition) is 4. The van der Waals surface area contributed by atoms with Crippen LogP contribution in [0.4, 0.5) is 0 Å². The second-order valence-electron chi connectivity index (χ2n) is 8.16. The molecule has 1 amide bonds. The second-order valence-corrected chi connectivity index (χ2v) is 8.16. The third kappa shape index (κ3) is 4.83. The number of rotatable bonds is 7. The normalized spacial score (nSPS) is 19.3. The van der Waals surface area contributed by atoms with Crippen molar-refractivity contribution >= 4 is 11.9 Å². The van der Waals surface area contributed by atoms with Crippen LogP contribution in [-0.4, -0.2) is 38.0 Å². The van der Waals surface area contributed by atoms with Gasteiger partial charge < -0.3 is 10.4 Å². The van der Waals surface area contributed by atoms with Gasteiger partial charge in [-0.2, -0.15) is 0 Å². The van der Waals surface area contributed by atoms with Crippen LogP contribution in [0.5, 0.6) is 0 Å². The molecule has 1 saturated carbocycles. The van der Waals surface area contributed by atoms with Crippen molar-refractivity contribution in [1.29, 1.82) is 0 Å². The van der Waals surface area contributed by atoms with Crippen molar-refractivity contribution in [2.45, 2.75) is 71.3 Å². The lowest BCUT2D eigenvalue weighted by molar-refractivity contribution is -0.142. The molecule has 0 atom stereocenters. The van der Waals surface area contributed by atoms with Crippen molar-refractivity contribution in [3.63, 3.8) is 0 Å². The minimum absolute atomic E-state index is 0.0120. The number of aromatic nitrogens is 3. The number of carboxylic acid groups (broad SMARTS) is 1. The number of nitrogens with zero attached hydrogens (tertiary/aromatic N) is 3.